The van der Waals surface area contributed by atoms with Crippen LogP contribution in [-0.4, -0.2) is 6.54 Å². The van der Waals surface area contributed by atoms with Crippen LogP contribution in [0, 0.1) is 5.82 Å². The maximum Gasteiger partial charge on any atom is 0.145 e. The van der Waals surface area contributed by atoms with E-state index in [-0.39, 0.29) is 5.02 Å². The van der Waals surface area contributed by atoms with Gasteiger partial charge < -0.3 is 10.5 Å². The lowest BCUT2D eigenvalue weighted by molar-refractivity contribution is 0.303. The molecule has 0 heterocycles. The Labute approximate surface area is 117 Å². The molecule has 0 radical (unpaired) electrons. The average molecular weight is 280 g/mol. The van der Waals surface area contributed by atoms with Gasteiger partial charge in [0.1, 0.15) is 18.2 Å². The van der Waals surface area contributed by atoms with Gasteiger partial charge in [0.05, 0.1) is 5.02 Å². The first kappa shape index (κ1) is 13.8. The van der Waals surface area contributed by atoms with Gasteiger partial charge in [0.15, 0.2) is 0 Å². The van der Waals surface area contributed by atoms with Crippen molar-refractivity contribution in [2.45, 2.75) is 13.0 Å². The van der Waals surface area contributed by atoms with Gasteiger partial charge in [-0.1, -0.05) is 35.9 Å². The van der Waals surface area contributed by atoms with E-state index in [1.165, 1.54) is 12.1 Å². The van der Waals surface area contributed by atoms with Crippen molar-refractivity contribution < 1.29 is 9.13 Å². The van der Waals surface area contributed by atoms with E-state index in [1.807, 2.05) is 24.3 Å². The van der Waals surface area contributed by atoms with Crippen molar-refractivity contribution in [1.82, 2.24) is 0 Å². The highest BCUT2D eigenvalue weighted by atomic mass is 35.5. The van der Waals surface area contributed by atoms with Gasteiger partial charge in [0.2, 0.25) is 0 Å². The molecule has 4 heteroatoms. The fourth-order valence-corrected chi connectivity index (χ4v) is 1.94. The topological polar surface area (TPSA) is 35.2 Å². The summed E-state index contributed by atoms with van der Waals surface area (Å²) < 4.78 is 18.9. The minimum absolute atomic E-state index is 0.0934. The van der Waals surface area contributed by atoms with Gasteiger partial charge in [-0.3, -0.25) is 0 Å². The summed E-state index contributed by atoms with van der Waals surface area (Å²) in [6.45, 7) is 0.976. The zero-order chi connectivity index (χ0) is 13.7. The highest BCUT2D eigenvalue weighted by Gasteiger charge is 2.04. The molecule has 19 heavy (non-hydrogen) atoms. The zero-order valence-corrected chi connectivity index (χ0v) is 11.2. The molecule has 0 aliphatic rings. The van der Waals surface area contributed by atoms with Crippen molar-refractivity contribution in [2.75, 3.05) is 6.54 Å². The van der Waals surface area contributed by atoms with E-state index in [9.17, 15) is 4.39 Å². The lowest BCUT2D eigenvalue weighted by Crippen LogP contribution is -2.07. The second-order valence-corrected chi connectivity index (χ2v) is 4.58. The largest absolute Gasteiger partial charge is 0.489 e. The van der Waals surface area contributed by atoms with Gasteiger partial charge in [-0.25, -0.2) is 4.39 Å². The van der Waals surface area contributed by atoms with E-state index in [0.717, 1.165) is 17.5 Å². The van der Waals surface area contributed by atoms with Gasteiger partial charge in [-0.2, -0.15) is 0 Å². The summed E-state index contributed by atoms with van der Waals surface area (Å²) in [6, 6.07) is 12.3. The molecule has 0 unspecified atom stereocenters. The molecule has 0 amide bonds. The molecule has 0 atom stereocenters. The van der Waals surface area contributed by atoms with Crippen molar-refractivity contribution in [3.05, 3.63) is 64.4 Å². The standard InChI is InChI=1S/C15H15ClFNO/c16-14-6-5-13(9-15(14)17)19-10-12-4-2-1-3-11(12)7-8-18/h1-6,9H,7-8,10,18H2. The highest BCUT2D eigenvalue weighted by molar-refractivity contribution is 6.30. The Kier molecular flexibility index (Phi) is 4.77. The van der Waals surface area contributed by atoms with Crippen molar-refractivity contribution in [1.29, 1.82) is 0 Å². The van der Waals surface area contributed by atoms with Crippen LogP contribution >= 0.6 is 11.6 Å². The summed E-state index contributed by atoms with van der Waals surface area (Å²) in [5.41, 5.74) is 7.78. The van der Waals surface area contributed by atoms with Crippen molar-refractivity contribution in [2.24, 2.45) is 5.73 Å². The molecule has 100 valence electrons. The third-order valence-electron chi connectivity index (χ3n) is 2.82. The van der Waals surface area contributed by atoms with Crippen LogP contribution in [0.2, 0.25) is 5.02 Å². The molecule has 2 rings (SSSR count). The van der Waals surface area contributed by atoms with Crippen LogP contribution in [0.25, 0.3) is 0 Å². The summed E-state index contributed by atoms with van der Waals surface area (Å²) in [6.07, 6.45) is 0.800. The van der Waals surface area contributed by atoms with Crippen molar-refractivity contribution in [3.63, 3.8) is 0 Å². The molecule has 0 aromatic heterocycles. The Morgan fingerprint density at radius 1 is 1.11 bits per heavy atom. The Bertz CT molecular complexity index is 560. The van der Waals surface area contributed by atoms with E-state index >= 15 is 0 Å². The van der Waals surface area contributed by atoms with Gasteiger partial charge in [-0.05, 0) is 36.2 Å². The number of hydrogen-bond donors (Lipinski definition) is 1. The molecule has 2 nitrogen and oxygen atoms in total. The summed E-state index contributed by atoms with van der Waals surface area (Å²) in [4.78, 5) is 0. The summed E-state index contributed by atoms with van der Waals surface area (Å²) in [5.74, 6) is -0.0149. The number of benzene rings is 2. The van der Waals surface area contributed by atoms with E-state index < -0.39 is 5.82 Å². The Morgan fingerprint density at radius 3 is 2.53 bits per heavy atom. The monoisotopic (exact) mass is 279 g/mol. The molecule has 2 aromatic carbocycles. The Hall–Kier alpha value is -1.58. The summed E-state index contributed by atoms with van der Waals surface area (Å²) in [5, 5.41) is 0.0934. The molecule has 0 bridgehead atoms. The normalized spacial score (nSPS) is 10.5. The third kappa shape index (κ3) is 3.69. The predicted octanol–water partition coefficient (Wildman–Crippen LogP) is 3.56. The first-order valence-electron chi connectivity index (χ1n) is 6.05. The summed E-state index contributed by atoms with van der Waals surface area (Å²) >= 11 is 5.62. The lowest BCUT2D eigenvalue weighted by Gasteiger charge is -2.10. The van der Waals surface area contributed by atoms with Gasteiger partial charge in [0, 0.05) is 6.07 Å². The molecule has 0 aliphatic carbocycles. The maximum absolute atomic E-state index is 13.3. The molecule has 2 N–H and O–H groups in total. The molecule has 0 saturated heterocycles. The molecule has 0 aliphatic heterocycles. The second-order valence-electron chi connectivity index (χ2n) is 4.17. The van der Waals surface area contributed by atoms with E-state index in [4.69, 9.17) is 22.1 Å². The molecule has 0 fully saturated rings. The van der Waals surface area contributed by atoms with E-state index in [0.29, 0.717) is 18.9 Å². The van der Waals surface area contributed by atoms with Crippen molar-refractivity contribution in [3.8, 4) is 5.75 Å². The van der Waals surface area contributed by atoms with Crippen molar-refractivity contribution >= 4 is 11.6 Å². The Morgan fingerprint density at radius 2 is 1.84 bits per heavy atom. The Balaban J connectivity index is 2.07. The number of halogens is 2. The first-order valence-corrected chi connectivity index (χ1v) is 6.43. The van der Waals surface area contributed by atoms with Crippen LogP contribution in [0.15, 0.2) is 42.5 Å². The number of hydrogen-bond acceptors (Lipinski definition) is 2. The van der Waals surface area contributed by atoms with Gasteiger partial charge in [0.25, 0.3) is 0 Å². The fraction of sp³-hybridized carbons (Fsp3) is 0.200. The van der Waals surface area contributed by atoms with Crippen LogP contribution in [0.5, 0.6) is 5.75 Å². The number of rotatable bonds is 5. The second kappa shape index (κ2) is 6.55. The lowest BCUT2D eigenvalue weighted by atomic mass is 10.1. The molecule has 0 spiro atoms. The van der Waals surface area contributed by atoms with Gasteiger partial charge >= 0.3 is 0 Å². The van der Waals surface area contributed by atoms with Crippen LogP contribution in [0.1, 0.15) is 11.1 Å². The number of nitrogens with two attached hydrogens (primary N) is 1. The maximum atomic E-state index is 13.3. The average Bonchev–Trinajstić information content (AvgIpc) is 2.42. The predicted molar refractivity (Wildman–Crippen MR) is 74.9 cm³/mol. The van der Waals surface area contributed by atoms with Crippen LogP contribution in [-0.2, 0) is 13.0 Å². The number of ether oxygens (including phenoxy) is 1. The summed E-state index contributed by atoms with van der Waals surface area (Å²) in [7, 11) is 0. The first-order chi connectivity index (χ1) is 9.20. The van der Waals surface area contributed by atoms with E-state index in [2.05, 4.69) is 0 Å². The zero-order valence-electron chi connectivity index (χ0n) is 10.4. The van der Waals surface area contributed by atoms with Crippen LogP contribution in [0.4, 0.5) is 4.39 Å². The fourth-order valence-electron chi connectivity index (χ4n) is 1.83. The smallest absolute Gasteiger partial charge is 0.145 e. The highest BCUT2D eigenvalue weighted by Crippen LogP contribution is 2.21. The third-order valence-corrected chi connectivity index (χ3v) is 3.12. The molecular formula is C15H15ClFNO. The van der Waals surface area contributed by atoms with E-state index in [1.54, 1.807) is 6.07 Å². The minimum Gasteiger partial charge on any atom is -0.489 e. The minimum atomic E-state index is -0.477. The van der Waals surface area contributed by atoms with Gasteiger partial charge in [-0.15, -0.1) is 0 Å². The molecule has 2 aromatic rings. The SMILES string of the molecule is NCCc1ccccc1COc1ccc(Cl)c(F)c1. The van der Waals surface area contributed by atoms with Crippen LogP contribution < -0.4 is 10.5 Å². The molecular weight excluding hydrogens is 265 g/mol. The van der Waals surface area contributed by atoms with Crippen LogP contribution in [0.3, 0.4) is 0 Å². The quantitative estimate of drug-likeness (QED) is 0.908. The molecule has 0 saturated carbocycles.